The molecule has 0 spiro atoms. The summed E-state index contributed by atoms with van der Waals surface area (Å²) in [5.74, 6) is 0. The van der Waals surface area contributed by atoms with Crippen LogP contribution in [0, 0.1) is 5.41 Å². The number of hydrogen-bond donors (Lipinski definition) is 1. The Hall–Kier alpha value is -0.0400. The molecule has 0 bridgehead atoms. The van der Waals surface area contributed by atoms with E-state index < -0.39 is 0 Å². The first-order valence-corrected chi connectivity index (χ1v) is 7.92. The van der Waals surface area contributed by atoms with Gasteiger partial charge in [-0.05, 0) is 38.1 Å². The summed E-state index contributed by atoms with van der Waals surface area (Å²) in [7, 11) is 0. The van der Waals surface area contributed by atoms with Crippen molar-refractivity contribution in [2.45, 2.75) is 91.0 Å². The van der Waals surface area contributed by atoms with Crippen molar-refractivity contribution in [2.75, 3.05) is 6.54 Å². The smallest absolute Gasteiger partial charge is 0.00925 e. The van der Waals surface area contributed by atoms with E-state index in [0.29, 0.717) is 5.41 Å². The van der Waals surface area contributed by atoms with Gasteiger partial charge in [-0.2, -0.15) is 0 Å². The second-order valence-electron chi connectivity index (χ2n) is 6.30. The zero-order valence-electron chi connectivity index (χ0n) is 12.4. The molecule has 0 aliphatic heterocycles. The van der Waals surface area contributed by atoms with E-state index in [1.165, 1.54) is 70.8 Å². The molecule has 17 heavy (non-hydrogen) atoms. The highest BCUT2D eigenvalue weighted by Crippen LogP contribution is 2.47. The Balaban J connectivity index is 1.78. The molecule has 1 N–H and O–H groups in total. The van der Waals surface area contributed by atoms with Crippen molar-refractivity contribution in [3.63, 3.8) is 0 Å². The fourth-order valence-corrected chi connectivity index (χ4v) is 2.45. The molecule has 1 rings (SSSR count). The van der Waals surface area contributed by atoms with E-state index in [1.54, 1.807) is 0 Å². The van der Waals surface area contributed by atoms with Gasteiger partial charge >= 0.3 is 0 Å². The molecular formula is C16H33N. The molecule has 0 amide bonds. The summed E-state index contributed by atoms with van der Waals surface area (Å²) in [6.45, 7) is 8.29. The van der Waals surface area contributed by atoms with Crippen LogP contribution in [0.15, 0.2) is 0 Å². The summed E-state index contributed by atoms with van der Waals surface area (Å²) in [5.41, 5.74) is 0.639. The molecule has 1 atom stereocenters. The van der Waals surface area contributed by atoms with E-state index >= 15 is 0 Å². The Morgan fingerprint density at radius 1 is 0.941 bits per heavy atom. The monoisotopic (exact) mass is 239 g/mol. The van der Waals surface area contributed by atoms with Gasteiger partial charge in [0, 0.05) is 6.04 Å². The molecular weight excluding hydrogens is 206 g/mol. The molecule has 0 heterocycles. The minimum absolute atomic E-state index is 0.639. The van der Waals surface area contributed by atoms with Gasteiger partial charge in [-0.3, -0.25) is 0 Å². The molecule has 0 aromatic rings. The van der Waals surface area contributed by atoms with Crippen molar-refractivity contribution in [1.82, 2.24) is 5.32 Å². The SMILES string of the molecule is CCCCCCCCCCNC(C)C1(C)CC1. The Morgan fingerprint density at radius 3 is 2.00 bits per heavy atom. The fraction of sp³-hybridized carbons (Fsp3) is 1.00. The molecule has 1 heteroatoms. The Bertz CT molecular complexity index is 184. The van der Waals surface area contributed by atoms with Gasteiger partial charge in [0.15, 0.2) is 0 Å². The molecule has 1 unspecified atom stereocenters. The maximum absolute atomic E-state index is 3.70. The largest absolute Gasteiger partial charge is 0.314 e. The number of hydrogen-bond acceptors (Lipinski definition) is 1. The van der Waals surface area contributed by atoms with E-state index in [4.69, 9.17) is 0 Å². The Morgan fingerprint density at radius 2 is 1.47 bits per heavy atom. The van der Waals surface area contributed by atoms with E-state index in [0.717, 1.165) is 6.04 Å². The lowest BCUT2D eigenvalue weighted by Crippen LogP contribution is -2.33. The van der Waals surface area contributed by atoms with Crippen LogP contribution in [0.25, 0.3) is 0 Å². The average Bonchev–Trinajstić information content (AvgIpc) is 3.06. The molecule has 0 aromatic carbocycles. The molecule has 102 valence electrons. The zero-order valence-corrected chi connectivity index (χ0v) is 12.4. The predicted molar refractivity (Wildman–Crippen MR) is 77.4 cm³/mol. The summed E-state index contributed by atoms with van der Waals surface area (Å²) >= 11 is 0. The molecule has 0 saturated heterocycles. The van der Waals surface area contributed by atoms with Crippen LogP contribution in [-0.2, 0) is 0 Å². The van der Waals surface area contributed by atoms with E-state index in [9.17, 15) is 0 Å². The van der Waals surface area contributed by atoms with Crippen molar-refractivity contribution < 1.29 is 0 Å². The van der Waals surface area contributed by atoms with Crippen LogP contribution in [-0.4, -0.2) is 12.6 Å². The van der Waals surface area contributed by atoms with Gasteiger partial charge in [0.05, 0.1) is 0 Å². The summed E-state index contributed by atoms with van der Waals surface area (Å²) in [5, 5.41) is 3.70. The van der Waals surface area contributed by atoms with Crippen LogP contribution in [0.2, 0.25) is 0 Å². The van der Waals surface area contributed by atoms with Crippen LogP contribution < -0.4 is 5.32 Å². The first-order valence-electron chi connectivity index (χ1n) is 7.92. The Labute approximate surface area is 109 Å². The van der Waals surface area contributed by atoms with Gasteiger partial charge in [0.2, 0.25) is 0 Å². The van der Waals surface area contributed by atoms with Crippen LogP contribution >= 0.6 is 0 Å². The van der Waals surface area contributed by atoms with Crippen LogP contribution in [0.3, 0.4) is 0 Å². The average molecular weight is 239 g/mol. The van der Waals surface area contributed by atoms with Gasteiger partial charge in [-0.15, -0.1) is 0 Å². The normalized spacial score (nSPS) is 19.2. The van der Waals surface area contributed by atoms with Gasteiger partial charge < -0.3 is 5.32 Å². The van der Waals surface area contributed by atoms with E-state index in [2.05, 4.69) is 26.1 Å². The lowest BCUT2D eigenvalue weighted by atomic mass is 10.0. The zero-order chi connectivity index (χ0) is 12.6. The predicted octanol–water partition coefficient (Wildman–Crippen LogP) is 4.91. The summed E-state index contributed by atoms with van der Waals surface area (Å²) < 4.78 is 0. The highest BCUT2D eigenvalue weighted by Gasteiger charge is 2.41. The molecule has 1 fully saturated rings. The molecule has 1 nitrogen and oxygen atoms in total. The van der Waals surface area contributed by atoms with Gasteiger partial charge in [-0.1, -0.05) is 58.8 Å². The van der Waals surface area contributed by atoms with Crippen molar-refractivity contribution in [3.8, 4) is 0 Å². The molecule has 1 aliphatic rings. The highest BCUT2D eigenvalue weighted by molar-refractivity contribution is 4.96. The van der Waals surface area contributed by atoms with Crippen molar-refractivity contribution >= 4 is 0 Å². The maximum atomic E-state index is 3.70. The van der Waals surface area contributed by atoms with Crippen molar-refractivity contribution in [1.29, 1.82) is 0 Å². The fourth-order valence-electron chi connectivity index (χ4n) is 2.45. The third-order valence-electron chi connectivity index (χ3n) is 4.56. The number of rotatable bonds is 11. The van der Waals surface area contributed by atoms with E-state index in [-0.39, 0.29) is 0 Å². The minimum Gasteiger partial charge on any atom is -0.314 e. The van der Waals surface area contributed by atoms with Crippen LogP contribution in [0.4, 0.5) is 0 Å². The first-order chi connectivity index (χ1) is 8.19. The third kappa shape index (κ3) is 6.45. The maximum Gasteiger partial charge on any atom is 0.00925 e. The van der Waals surface area contributed by atoms with Crippen molar-refractivity contribution in [3.05, 3.63) is 0 Å². The lowest BCUT2D eigenvalue weighted by molar-refractivity contribution is 0.376. The molecule has 1 aliphatic carbocycles. The standard InChI is InChI=1S/C16H33N/c1-4-5-6-7-8-9-10-11-14-17-15(2)16(3)12-13-16/h15,17H,4-14H2,1-3H3. The Kier molecular flexibility index (Phi) is 7.18. The topological polar surface area (TPSA) is 12.0 Å². The summed E-state index contributed by atoms with van der Waals surface area (Å²) in [6, 6.07) is 0.729. The molecule has 1 saturated carbocycles. The van der Waals surface area contributed by atoms with Crippen LogP contribution in [0.5, 0.6) is 0 Å². The summed E-state index contributed by atoms with van der Waals surface area (Å²) in [6.07, 6.45) is 14.2. The van der Waals surface area contributed by atoms with Gasteiger partial charge in [0.1, 0.15) is 0 Å². The number of unbranched alkanes of at least 4 members (excludes halogenated alkanes) is 7. The van der Waals surface area contributed by atoms with Crippen molar-refractivity contribution in [2.24, 2.45) is 5.41 Å². The quantitative estimate of drug-likeness (QED) is 0.505. The number of nitrogens with one attached hydrogen (secondary N) is 1. The second-order valence-corrected chi connectivity index (χ2v) is 6.30. The van der Waals surface area contributed by atoms with E-state index in [1.807, 2.05) is 0 Å². The third-order valence-corrected chi connectivity index (χ3v) is 4.56. The molecule has 0 radical (unpaired) electrons. The minimum atomic E-state index is 0.639. The van der Waals surface area contributed by atoms with Gasteiger partial charge in [0.25, 0.3) is 0 Å². The van der Waals surface area contributed by atoms with Gasteiger partial charge in [-0.25, -0.2) is 0 Å². The lowest BCUT2D eigenvalue weighted by Gasteiger charge is -2.20. The van der Waals surface area contributed by atoms with Crippen LogP contribution in [0.1, 0.15) is 85.0 Å². The second kappa shape index (κ2) is 8.13. The highest BCUT2D eigenvalue weighted by atomic mass is 14.9. The first kappa shape index (κ1) is 15.0. The summed E-state index contributed by atoms with van der Waals surface area (Å²) in [4.78, 5) is 0. The molecule has 0 aromatic heterocycles.